The van der Waals surface area contributed by atoms with Gasteiger partial charge in [-0.05, 0) is 18.9 Å². The Morgan fingerprint density at radius 2 is 1.94 bits per heavy atom. The van der Waals surface area contributed by atoms with Crippen molar-refractivity contribution >= 4 is 17.8 Å². The van der Waals surface area contributed by atoms with Gasteiger partial charge in [-0.2, -0.15) is 0 Å². The minimum Gasteiger partial charge on any atom is -0.481 e. The summed E-state index contributed by atoms with van der Waals surface area (Å²) in [5.41, 5.74) is 0. The van der Waals surface area contributed by atoms with Crippen LogP contribution in [0, 0.1) is 16.0 Å². The van der Waals surface area contributed by atoms with E-state index in [-0.39, 0.29) is 5.92 Å². The number of rotatable bonds is 3. The molecule has 0 aliphatic heterocycles. The lowest BCUT2D eigenvalue weighted by Crippen LogP contribution is -1.94. The van der Waals surface area contributed by atoms with E-state index in [9.17, 15) is 19.7 Å². The predicted molar refractivity (Wildman–Crippen MR) is 52.7 cm³/mol. The third-order valence-electron chi connectivity index (χ3n) is 1.91. The first-order valence-electron chi connectivity index (χ1n) is 4.62. The summed E-state index contributed by atoms with van der Waals surface area (Å²) in [5, 5.41) is 26.3. The van der Waals surface area contributed by atoms with Crippen molar-refractivity contribution in [3.8, 4) is 0 Å². The van der Waals surface area contributed by atoms with Crippen LogP contribution in [-0.2, 0) is 4.79 Å². The first kappa shape index (κ1) is 12.7. The number of carboxylic acids is 2. The Bertz CT molecular complexity index is 417. The molecule has 1 aliphatic carbocycles. The number of hydrogen-bond acceptors (Lipinski definition) is 5. The van der Waals surface area contributed by atoms with Crippen LogP contribution in [0.4, 0.5) is 5.88 Å². The zero-order chi connectivity index (χ0) is 13.0. The molecule has 0 atom stereocenters. The number of nitrogens with zero attached hydrogens (tertiary/aromatic N) is 1. The minimum atomic E-state index is -1.32. The molecule has 2 rings (SSSR count). The third-order valence-corrected chi connectivity index (χ3v) is 1.91. The summed E-state index contributed by atoms with van der Waals surface area (Å²) in [4.78, 5) is 29.0. The molecule has 92 valence electrons. The van der Waals surface area contributed by atoms with Gasteiger partial charge < -0.3 is 14.6 Å². The summed E-state index contributed by atoms with van der Waals surface area (Å²) in [6, 6.07) is 2.02. The largest absolute Gasteiger partial charge is 0.481 e. The second-order valence-electron chi connectivity index (χ2n) is 3.31. The van der Waals surface area contributed by atoms with Gasteiger partial charge in [-0.25, -0.2) is 4.79 Å². The number of furan rings is 1. The summed E-state index contributed by atoms with van der Waals surface area (Å²) in [7, 11) is 0. The van der Waals surface area contributed by atoms with Crippen molar-refractivity contribution in [1.29, 1.82) is 0 Å². The van der Waals surface area contributed by atoms with Gasteiger partial charge in [-0.3, -0.25) is 14.9 Å². The maximum absolute atomic E-state index is 10.1. The van der Waals surface area contributed by atoms with Gasteiger partial charge in [0.25, 0.3) is 0 Å². The van der Waals surface area contributed by atoms with E-state index in [4.69, 9.17) is 10.2 Å². The lowest BCUT2D eigenvalue weighted by Gasteiger charge is -1.82. The van der Waals surface area contributed by atoms with Gasteiger partial charge in [0.2, 0.25) is 5.76 Å². The molecule has 0 saturated heterocycles. The topological polar surface area (TPSA) is 131 Å². The van der Waals surface area contributed by atoms with Crippen LogP contribution in [-0.4, -0.2) is 27.1 Å². The number of hydrogen-bond donors (Lipinski definition) is 2. The Balaban J connectivity index is 0.000000202. The minimum absolute atomic E-state index is 0.0185. The Kier molecular flexibility index (Phi) is 3.81. The molecular weight excluding hydrogens is 234 g/mol. The van der Waals surface area contributed by atoms with Crippen LogP contribution < -0.4 is 0 Å². The van der Waals surface area contributed by atoms with Crippen molar-refractivity contribution in [1.82, 2.24) is 0 Å². The van der Waals surface area contributed by atoms with Gasteiger partial charge >= 0.3 is 17.8 Å². The number of nitro groups is 1. The molecular formula is C9H9NO7. The highest BCUT2D eigenvalue weighted by atomic mass is 16.6. The third kappa shape index (κ3) is 3.93. The Hall–Kier alpha value is -2.38. The first-order valence-corrected chi connectivity index (χ1v) is 4.62. The van der Waals surface area contributed by atoms with Crippen molar-refractivity contribution in [2.75, 3.05) is 0 Å². The quantitative estimate of drug-likeness (QED) is 0.605. The van der Waals surface area contributed by atoms with Crippen molar-refractivity contribution in [2.24, 2.45) is 5.92 Å². The van der Waals surface area contributed by atoms with Crippen LogP contribution in [0.15, 0.2) is 16.5 Å². The molecule has 0 amide bonds. The zero-order valence-electron chi connectivity index (χ0n) is 8.53. The number of aromatic carboxylic acids is 1. The molecule has 2 N–H and O–H groups in total. The Morgan fingerprint density at radius 3 is 2.12 bits per heavy atom. The molecule has 1 aliphatic rings. The fourth-order valence-corrected chi connectivity index (χ4v) is 0.871. The summed E-state index contributed by atoms with van der Waals surface area (Å²) in [6.07, 6.45) is 1.80. The summed E-state index contributed by atoms with van der Waals surface area (Å²) in [5.74, 6) is -2.93. The molecule has 1 aromatic heterocycles. The molecule has 0 bridgehead atoms. The van der Waals surface area contributed by atoms with Crippen molar-refractivity contribution in [3.63, 3.8) is 0 Å². The molecule has 0 spiro atoms. The maximum atomic E-state index is 10.1. The van der Waals surface area contributed by atoms with Crippen LogP contribution in [0.5, 0.6) is 0 Å². The maximum Gasteiger partial charge on any atom is 0.433 e. The summed E-state index contributed by atoms with van der Waals surface area (Å²) in [6.45, 7) is 0. The monoisotopic (exact) mass is 243 g/mol. The molecule has 8 heteroatoms. The SMILES string of the molecule is O=C(O)C1CC1.O=C(O)c1ccc([N+](=O)[O-])o1. The lowest BCUT2D eigenvalue weighted by atomic mass is 10.5. The van der Waals surface area contributed by atoms with E-state index in [1.807, 2.05) is 0 Å². The van der Waals surface area contributed by atoms with Gasteiger partial charge in [0.1, 0.15) is 4.92 Å². The van der Waals surface area contributed by atoms with E-state index >= 15 is 0 Å². The molecule has 1 heterocycles. The Labute approximate surface area is 94.6 Å². The average Bonchev–Trinajstić information content (AvgIpc) is 2.96. The van der Waals surface area contributed by atoms with Crippen molar-refractivity contribution in [3.05, 3.63) is 28.0 Å². The highest BCUT2D eigenvalue weighted by Gasteiger charge is 2.28. The normalized spacial score (nSPS) is 13.4. The van der Waals surface area contributed by atoms with Gasteiger partial charge in [0.15, 0.2) is 0 Å². The van der Waals surface area contributed by atoms with Crippen LogP contribution >= 0.6 is 0 Å². The van der Waals surface area contributed by atoms with Crippen LogP contribution in [0.1, 0.15) is 23.4 Å². The average molecular weight is 243 g/mol. The van der Waals surface area contributed by atoms with Gasteiger partial charge in [-0.15, -0.1) is 0 Å². The van der Waals surface area contributed by atoms with Crippen LogP contribution in [0.2, 0.25) is 0 Å². The van der Waals surface area contributed by atoms with Crippen LogP contribution in [0.25, 0.3) is 0 Å². The van der Waals surface area contributed by atoms with Crippen molar-refractivity contribution in [2.45, 2.75) is 12.8 Å². The first-order chi connectivity index (χ1) is 7.91. The van der Waals surface area contributed by atoms with E-state index in [1.54, 1.807) is 0 Å². The number of carboxylic acid groups (broad SMARTS) is 2. The number of aliphatic carboxylic acids is 1. The van der Waals surface area contributed by atoms with Gasteiger partial charge in [0.05, 0.1) is 12.0 Å². The van der Waals surface area contributed by atoms with Crippen LogP contribution in [0.3, 0.4) is 0 Å². The van der Waals surface area contributed by atoms with Gasteiger partial charge in [-0.1, -0.05) is 0 Å². The standard InChI is InChI=1S/C5H3NO5.C4H6O2/c7-5(8)3-1-2-4(11-3)6(9)10;5-4(6)3-1-2-3/h1-2H,(H,7,8);3H,1-2H2,(H,5,6). The fourth-order valence-electron chi connectivity index (χ4n) is 0.871. The molecule has 1 fully saturated rings. The highest BCUT2D eigenvalue weighted by Crippen LogP contribution is 2.28. The molecule has 0 radical (unpaired) electrons. The molecule has 8 nitrogen and oxygen atoms in total. The number of carbonyl (C=O) groups is 2. The zero-order valence-corrected chi connectivity index (χ0v) is 8.53. The predicted octanol–water partition coefficient (Wildman–Crippen LogP) is 1.37. The molecule has 1 aromatic rings. The van der Waals surface area contributed by atoms with E-state index in [1.165, 1.54) is 0 Å². The van der Waals surface area contributed by atoms with E-state index in [2.05, 4.69) is 4.42 Å². The second-order valence-corrected chi connectivity index (χ2v) is 3.31. The Morgan fingerprint density at radius 1 is 1.35 bits per heavy atom. The molecule has 0 unspecified atom stereocenters. The van der Waals surface area contributed by atoms with Gasteiger partial charge in [0, 0.05) is 0 Å². The smallest absolute Gasteiger partial charge is 0.433 e. The lowest BCUT2D eigenvalue weighted by molar-refractivity contribution is -0.402. The summed E-state index contributed by atoms with van der Waals surface area (Å²) >= 11 is 0. The molecule has 0 aromatic carbocycles. The van der Waals surface area contributed by atoms with Crippen molar-refractivity contribution < 1.29 is 29.1 Å². The molecule has 1 saturated carbocycles. The van der Waals surface area contributed by atoms with E-state index in [0.29, 0.717) is 0 Å². The fraction of sp³-hybridized carbons (Fsp3) is 0.333. The second kappa shape index (κ2) is 5.10. The molecule has 17 heavy (non-hydrogen) atoms. The summed E-state index contributed by atoms with van der Waals surface area (Å²) < 4.78 is 4.31. The van der Waals surface area contributed by atoms with E-state index in [0.717, 1.165) is 25.0 Å². The van der Waals surface area contributed by atoms with E-state index < -0.39 is 28.5 Å². The highest BCUT2D eigenvalue weighted by molar-refractivity contribution is 5.84.